The van der Waals surface area contributed by atoms with Gasteiger partial charge >= 0.3 is 5.97 Å². The van der Waals surface area contributed by atoms with E-state index in [9.17, 15) is 9.90 Å². The van der Waals surface area contributed by atoms with Crippen LogP contribution in [0.1, 0.15) is 50.8 Å². The summed E-state index contributed by atoms with van der Waals surface area (Å²) in [6.45, 7) is 8.60. The molecule has 0 fully saturated rings. The molecule has 6 nitrogen and oxygen atoms in total. The smallest absolute Gasteiger partial charge is 0.334 e. The second-order valence-corrected chi connectivity index (χ2v) is 7.60. The average Bonchev–Trinajstić information content (AvgIpc) is 2.70. The van der Waals surface area contributed by atoms with Crippen LogP contribution in [0.5, 0.6) is 5.75 Å². The molecule has 2 aromatic rings. The van der Waals surface area contributed by atoms with Crippen LogP contribution in [-0.2, 0) is 16.8 Å². The summed E-state index contributed by atoms with van der Waals surface area (Å²) in [5.74, 6) is 0.0655. The number of benzene rings is 2. The first-order chi connectivity index (χ1) is 13.7. The number of carboxylic acid groups (broad SMARTS) is 1. The van der Waals surface area contributed by atoms with E-state index in [1.165, 1.54) is 0 Å². The Morgan fingerprint density at radius 1 is 1.21 bits per heavy atom. The summed E-state index contributed by atoms with van der Waals surface area (Å²) in [5, 5.41) is 20.9. The van der Waals surface area contributed by atoms with Gasteiger partial charge in [0, 0.05) is 11.3 Å². The summed E-state index contributed by atoms with van der Waals surface area (Å²) in [6.07, 6.45) is 1.12. The van der Waals surface area contributed by atoms with Crippen LogP contribution in [-0.4, -0.2) is 23.5 Å². The molecule has 2 rings (SSSR count). The third-order valence-electron chi connectivity index (χ3n) is 4.90. The zero-order valence-electron chi connectivity index (χ0n) is 17.6. The van der Waals surface area contributed by atoms with Gasteiger partial charge in [-0.25, -0.2) is 4.79 Å². The molecule has 2 aromatic carbocycles. The van der Waals surface area contributed by atoms with Crippen LogP contribution in [0.4, 0.5) is 5.69 Å². The maximum absolute atomic E-state index is 12.5. The molecule has 0 bridgehead atoms. The van der Waals surface area contributed by atoms with Gasteiger partial charge in [0.25, 0.3) is 0 Å². The predicted molar refractivity (Wildman–Crippen MR) is 117 cm³/mol. The van der Waals surface area contributed by atoms with Crippen molar-refractivity contribution in [3.63, 3.8) is 0 Å². The highest BCUT2D eigenvalue weighted by atomic mass is 16.5. The maximum Gasteiger partial charge on any atom is 0.334 e. The van der Waals surface area contributed by atoms with Crippen molar-refractivity contribution < 1.29 is 14.6 Å². The molecule has 0 heterocycles. The van der Waals surface area contributed by atoms with E-state index in [1.807, 2.05) is 32.0 Å². The monoisotopic (exact) mass is 397 g/mol. The number of ether oxygens (including phenoxy) is 1. The van der Waals surface area contributed by atoms with Gasteiger partial charge in [-0.15, -0.1) is 0 Å². The largest absolute Gasteiger partial charge is 0.493 e. The summed E-state index contributed by atoms with van der Waals surface area (Å²) >= 11 is 0. The summed E-state index contributed by atoms with van der Waals surface area (Å²) in [6, 6.07) is 12.6. The van der Waals surface area contributed by atoms with Crippen LogP contribution in [0.25, 0.3) is 0 Å². The van der Waals surface area contributed by atoms with Crippen molar-refractivity contribution in [3.8, 4) is 5.75 Å². The lowest BCUT2D eigenvalue weighted by molar-refractivity contribution is -0.142. The van der Waals surface area contributed by atoms with Crippen LogP contribution < -0.4 is 15.8 Å². The molecule has 0 saturated heterocycles. The van der Waals surface area contributed by atoms with Gasteiger partial charge in [0.15, 0.2) is 5.54 Å². The second-order valence-electron chi connectivity index (χ2n) is 7.60. The number of hydrogen-bond acceptors (Lipinski definition) is 4. The molecule has 156 valence electrons. The van der Waals surface area contributed by atoms with Crippen molar-refractivity contribution >= 4 is 17.5 Å². The van der Waals surface area contributed by atoms with Crippen molar-refractivity contribution in [2.75, 3.05) is 11.9 Å². The number of anilines is 1. The molecule has 0 aromatic heterocycles. The molecule has 1 unspecified atom stereocenters. The van der Waals surface area contributed by atoms with Crippen molar-refractivity contribution in [1.29, 1.82) is 5.41 Å². The minimum absolute atomic E-state index is 0.0286. The van der Waals surface area contributed by atoms with Gasteiger partial charge in [0.2, 0.25) is 0 Å². The maximum atomic E-state index is 12.5. The van der Waals surface area contributed by atoms with Crippen molar-refractivity contribution in [2.24, 2.45) is 11.7 Å². The van der Waals surface area contributed by atoms with Crippen molar-refractivity contribution in [2.45, 2.75) is 46.1 Å². The second kappa shape index (κ2) is 9.45. The number of rotatable bonds is 10. The Morgan fingerprint density at radius 3 is 2.34 bits per heavy atom. The first-order valence-corrected chi connectivity index (χ1v) is 9.95. The molecule has 0 spiro atoms. The molecule has 0 aliphatic carbocycles. The number of carbonyl (C=O) groups is 1. The van der Waals surface area contributed by atoms with Gasteiger partial charge in [-0.3, -0.25) is 5.41 Å². The van der Waals surface area contributed by atoms with Gasteiger partial charge in [0.05, 0.1) is 6.61 Å². The number of amidine groups is 1. The van der Waals surface area contributed by atoms with Gasteiger partial charge in [-0.05, 0) is 66.3 Å². The van der Waals surface area contributed by atoms with Gasteiger partial charge < -0.3 is 20.9 Å². The minimum atomic E-state index is -1.31. The van der Waals surface area contributed by atoms with Crippen molar-refractivity contribution in [1.82, 2.24) is 0 Å². The van der Waals surface area contributed by atoms with Crippen molar-refractivity contribution in [3.05, 3.63) is 59.2 Å². The number of aliphatic carboxylic acids is 1. The number of nitrogens with two attached hydrogens (primary N) is 1. The molecule has 5 N–H and O–H groups in total. The molecule has 29 heavy (non-hydrogen) atoms. The number of nitrogens with one attached hydrogen (secondary N) is 2. The van der Waals surface area contributed by atoms with Gasteiger partial charge in [0.1, 0.15) is 11.6 Å². The molecule has 0 radical (unpaired) electrons. The van der Waals surface area contributed by atoms with E-state index in [1.54, 1.807) is 24.3 Å². The highest BCUT2D eigenvalue weighted by molar-refractivity contribution is 5.95. The van der Waals surface area contributed by atoms with E-state index >= 15 is 0 Å². The average molecular weight is 398 g/mol. The van der Waals surface area contributed by atoms with E-state index in [4.69, 9.17) is 15.9 Å². The Hall–Kier alpha value is -3.02. The molecule has 0 aliphatic heterocycles. The summed E-state index contributed by atoms with van der Waals surface area (Å²) in [4.78, 5) is 12.5. The summed E-state index contributed by atoms with van der Waals surface area (Å²) in [7, 11) is 0. The number of nitrogen functional groups attached to an aromatic ring is 1. The Balaban J connectivity index is 2.48. The standard InChI is InChI=1S/C23H31N3O3/c1-5-16-11-18(13-20(12-16)29-14-15(3)4)23(6-2,22(27)28)26-19-9-7-17(8-10-19)21(24)25/h7-13,15,26H,5-6,14H2,1-4H3,(H3,24,25)(H,27,28). The Kier molecular flexibility index (Phi) is 7.26. The Bertz CT molecular complexity index is 862. The molecule has 0 aliphatic rings. The lowest BCUT2D eigenvalue weighted by Crippen LogP contribution is -2.43. The van der Waals surface area contributed by atoms with Crippen LogP contribution in [0.15, 0.2) is 42.5 Å². The fourth-order valence-electron chi connectivity index (χ4n) is 3.13. The van der Waals surface area contributed by atoms with E-state index in [0.29, 0.717) is 41.5 Å². The first kappa shape index (κ1) is 22.3. The topological polar surface area (TPSA) is 108 Å². The predicted octanol–water partition coefficient (Wildman–Crippen LogP) is 4.37. The number of hydrogen-bond donors (Lipinski definition) is 4. The summed E-state index contributed by atoms with van der Waals surface area (Å²) in [5.41, 5.74) is 7.11. The SMILES string of the molecule is CCc1cc(OCC(C)C)cc(C(CC)(Nc2ccc(C(=N)N)cc2)C(=O)O)c1. The van der Waals surface area contributed by atoms with E-state index in [2.05, 4.69) is 19.2 Å². The molecule has 1 atom stereocenters. The fourth-order valence-corrected chi connectivity index (χ4v) is 3.13. The lowest BCUT2D eigenvalue weighted by Gasteiger charge is -2.32. The minimum Gasteiger partial charge on any atom is -0.493 e. The Labute approximate surface area is 172 Å². The fraction of sp³-hybridized carbons (Fsp3) is 0.391. The normalized spacial score (nSPS) is 13.0. The lowest BCUT2D eigenvalue weighted by atomic mass is 9.85. The third kappa shape index (κ3) is 5.28. The molecular weight excluding hydrogens is 366 g/mol. The van der Waals surface area contributed by atoms with Crippen LogP contribution in [0.2, 0.25) is 0 Å². The van der Waals surface area contributed by atoms with E-state index < -0.39 is 11.5 Å². The van der Waals surface area contributed by atoms with Gasteiger partial charge in [-0.2, -0.15) is 0 Å². The first-order valence-electron chi connectivity index (χ1n) is 9.95. The van der Waals surface area contributed by atoms with E-state index in [0.717, 1.165) is 12.0 Å². The Morgan fingerprint density at radius 2 is 1.86 bits per heavy atom. The quantitative estimate of drug-likeness (QED) is 0.352. The van der Waals surface area contributed by atoms with Gasteiger partial charge in [-0.1, -0.05) is 33.8 Å². The highest BCUT2D eigenvalue weighted by Crippen LogP contribution is 2.34. The van der Waals surface area contributed by atoms with Crippen LogP contribution >= 0.6 is 0 Å². The van der Waals surface area contributed by atoms with Crippen LogP contribution in [0.3, 0.4) is 0 Å². The highest BCUT2D eigenvalue weighted by Gasteiger charge is 2.39. The molecular formula is C23H31N3O3. The number of aryl methyl sites for hydroxylation is 1. The molecule has 0 saturated carbocycles. The number of carboxylic acids is 1. The van der Waals surface area contributed by atoms with Crippen LogP contribution in [0, 0.1) is 11.3 Å². The summed E-state index contributed by atoms with van der Waals surface area (Å²) < 4.78 is 5.90. The zero-order valence-corrected chi connectivity index (χ0v) is 17.6. The zero-order chi connectivity index (χ0) is 21.6. The molecule has 0 amide bonds. The molecule has 6 heteroatoms. The van der Waals surface area contributed by atoms with E-state index in [-0.39, 0.29) is 5.84 Å². The third-order valence-corrected chi connectivity index (χ3v) is 4.90.